The molecule has 10 nitrogen and oxygen atoms in total. The van der Waals surface area contributed by atoms with Gasteiger partial charge in [-0.25, -0.2) is 4.79 Å². The van der Waals surface area contributed by atoms with E-state index in [9.17, 15) is 29.3 Å². The number of Topliss-reactive ketones (excluding diaryl/α,β-unsaturated/α-hetero) is 1. The van der Waals surface area contributed by atoms with Crippen molar-refractivity contribution in [2.45, 2.75) is 13.3 Å². The first-order chi connectivity index (χ1) is 15.3. The number of esters is 2. The molecule has 2 aromatic carbocycles. The van der Waals surface area contributed by atoms with Gasteiger partial charge in [0, 0.05) is 36.3 Å². The lowest BCUT2D eigenvalue weighted by atomic mass is 10.1. The number of non-ortho nitro benzene ring substituents is 1. The van der Waals surface area contributed by atoms with Gasteiger partial charge in [-0.2, -0.15) is 0 Å². The van der Waals surface area contributed by atoms with Crippen LogP contribution in [0.15, 0.2) is 48.5 Å². The van der Waals surface area contributed by atoms with Crippen LogP contribution in [-0.2, 0) is 19.1 Å². The number of ether oxygens (including phenoxy) is 2. The Hall–Kier alpha value is -4.08. The van der Waals surface area contributed by atoms with Crippen LogP contribution < -0.4 is 4.90 Å². The maximum Gasteiger partial charge on any atom is 0.338 e. The number of nitro benzene ring substituents is 1. The van der Waals surface area contributed by atoms with E-state index >= 15 is 0 Å². The fourth-order valence-corrected chi connectivity index (χ4v) is 3.24. The van der Waals surface area contributed by atoms with E-state index in [1.54, 1.807) is 19.1 Å². The summed E-state index contributed by atoms with van der Waals surface area (Å²) >= 11 is 0. The second kappa shape index (κ2) is 9.82. The lowest BCUT2D eigenvalue weighted by molar-refractivity contribution is -0.384. The molecule has 0 spiro atoms. The van der Waals surface area contributed by atoms with Crippen molar-refractivity contribution in [3.05, 3.63) is 69.8 Å². The first-order valence-electron chi connectivity index (χ1n) is 9.82. The number of hydrogen-bond acceptors (Lipinski definition) is 8. The van der Waals surface area contributed by atoms with E-state index < -0.39 is 35.2 Å². The zero-order chi connectivity index (χ0) is 23.3. The van der Waals surface area contributed by atoms with Gasteiger partial charge in [0.2, 0.25) is 11.7 Å². The number of carbonyl (C=O) groups is 4. The Morgan fingerprint density at radius 2 is 1.81 bits per heavy atom. The standard InChI is InChI=1S/C22H20N2O8/c1-2-31-21(27)14-6-8-17(9-7-14)23-12-16(11-20(23)26)22(28)32-13-19(25)15-4-3-5-18(10-15)24(29)30/h3-10,16H,2,11-13H2,1H3. The average Bonchev–Trinajstić information content (AvgIpc) is 3.19. The number of nitrogens with zero attached hydrogens (tertiary/aromatic N) is 2. The summed E-state index contributed by atoms with van der Waals surface area (Å²) in [4.78, 5) is 60.3. The second-order valence-corrected chi connectivity index (χ2v) is 7.01. The summed E-state index contributed by atoms with van der Waals surface area (Å²) in [7, 11) is 0. The Morgan fingerprint density at radius 1 is 1.09 bits per heavy atom. The zero-order valence-corrected chi connectivity index (χ0v) is 17.2. The summed E-state index contributed by atoms with van der Waals surface area (Å²) in [5.74, 6) is -2.81. The van der Waals surface area contributed by atoms with Crippen LogP contribution in [0.4, 0.5) is 11.4 Å². The number of carbonyl (C=O) groups excluding carboxylic acids is 4. The fraction of sp³-hybridized carbons (Fsp3) is 0.273. The molecule has 1 fully saturated rings. The highest BCUT2D eigenvalue weighted by Crippen LogP contribution is 2.26. The van der Waals surface area contributed by atoms with Gasteiger partial charge in [-0.15, -0.1) is 0 Å². The van der Waals surface area contributed by atoms with Crippen LogP contribution in [0.5, 0.6) is 0 Å². The molecule has 1 amide bonds. The molecular formula is C22H20N2O8. The molecule has 1 saturated heterocycles. The van der Waals surface area contributed by atoms with Gasteiger partial charge in [0.25, 0.3) is 5.69 Å². The molecule has 1 unspecified atom stereocenters. The van der Waals surface area contributed by atoms with E-state index in [-0.39, 0.29) is 36.7 Å². The Morgan fingerprint density at radius 3 is 2.47 bits per heavy atom. The molecule has 10 heteroatoms. The molecule has 0 N–H and O–H groups in total. The van der Waals surface area contributed by atoms with E-state index in [0.29, 0.717) is 11.3 Å². The van der Waals surface area contributed by atoms with Gasteiger partial charge < -0.3 is 14.4 Å². The highest BCUT2D eigenvalue weighted by atomic mass is 16.6. The van der Waals surface area contributed by atoms with Crippen molar-refractivity contribution in [3.8, 4) is 0 Å². The lowest BCUT2D eigenvalue weighted by Crippen LogP contribution is -2.27. The second-order valence-electron chi connectivity index (χ2n) is 7.01. The molecule has 0 aromatic heterocycles. The third-order valence-corrected chi connectivity index (χ3v) is 4.87. The molecule has 1 aliphatic rings. The highest BCUT2D eigenvalue weighted by molar-refractivity contribution is 6.01. The number of hydrogen-bond donors (Lipinski definition) is 0. The maximum atomic E-state index is 12.4. The Labute approximate surface area is 182 Å². The van der Waals surface area contributed by atoms with Crippen LogP contribution in [0.25, 0.3) is 0 Å². The van der Waals surface area contributed by atoms with E-state index in [2.05, 4.69) is 0 Å². The normalized spacial score (nSPS) is 15.3. The first-order valence-corrected chi connectivity index (χ1v) is 9.82. The first kappa shape index (κ1) is 22.6. The number of rotatable bonds is 8. The summed E-state index contributed by atoms with van der Waals surface area (Å²) in [6, 6.07) is 11.4. The van der Waals surface area contributed by atoms with E-state index in [1.807, 2.05) is 0 Å². The number of nitro groups is 1. The Kier molecular flexibility index (Phi) is 6.93. The third kappa shape index (κ3) is 5.15. The minimum absolute atomic E-state index is 0.0535. The number of amides is 1. The van der Waals surface area contributed by atoms with E-state index in [4.69, 9.17) is 9.47 Å². The number of ketones is 1. The molecule has 0 saturated carbocycles. The van der Waals surface area contributed by atoms with Crippen LogP contribution >= 0.6 is 0 Å². The summed E-state index contributed by atoms with van der Waals surface area (Å²) in [5.41, 5.74) is 0.676. The highest BCUT2D eigenvalue weighted by Gasteiger charge is 2.36. The molecular weight excluding hydrogens is 420 g/mol. The number of anilines is 1. The largest absolute Gasteiger partial charge is 0.462 e. The molecule has 0 aliphatic carbocycles. The Balaban J connectivity index is 1.58. The molecule has 0 bridgehead atoms. The molecule has 32 heavy (non-hydrogen) atoms. The van der Waals surface area contributed by atoms with Crippen molar-refractivity contribution in [3.63, 3.8) is 0 Å². The summed E-state index contributed by atoms with van der Waals surface area (Å²) < 4.78 is 9.97. The molecule has 1 aliphatic heterocycles. The van der Waals surface area contributed by atoms with Crippen molar-refractivity contribution in [1.82, 2.24) is 0 Å². The van der Waals surface area contributed by atoms with Gasteiger partial charge in [-0.3, -0.25) is 24.5 Å². The Bertz CT molecular complexity index is 1060. The van der Waals surface area contributed by atoms with Crippen LogP contribution in [0.2, 0.25) is 0 Å². The summed E-state index contributed by atoms with van der Waals surface area (Å²) in [6.07, 6.45) is -0.0799. The average molecular weight is 440 g/mol. The SMILES string of the molecule is CCOC(=O)c1ccc(N2CC(C(=O)OCC(=O)c3cccc([N+](=O)[O-])c3)CC2=O)cc1. The minimum Gasteiger partial charge on any atom is -0.462 e. The molecule has 1 atom stereocenters. The van der Waals surface area contributed by atoms with Crippen molar-refractivity contribution in [2.24, 2.45) is 5.92 Å². The minimum atomic E-state index is -0.759. The van der Waals surface area contributed by atoms with Crippen molar-refractivity contribution >= 4 is 35.0 Å². The monoisotopic (exact) mass is 440 g/mol. The van der Waals surface area contributed by atoms with Crippen molar-refractivity contribution in [1.29, 1.82) is 0 Å². The third-order valence-electron chi connectivity index (χ3n) is 4.87. The predicted molar refractivity (Wildman–Crippen MR) is 111 cm³/mol. The zero-order valence-electron chi connectivity index (χ0n) is 17.2. The smallest absolute Gasteiger partial charge is 0.338 e. The van der Waals surface area contributed by atoms with Crippen molar-refractivity contribution < 1.29 is 33.6 Å². The van der Waals surface area contributed by atoms with E-state index in [0.717, 1.165) is 6.07 Å². The number of benzene rings is 2. The van der Waals surface area contributed by atoms with Gasteiger partial charge in [0.05, 0.1) is 23.0 Å². The maximum absolute atomic E-state index is 12.4. The molecule has 3 rings (SSSR count). The van der Waals surface area contributed by atoms with Crippen molar-refractivity contribution in [2.75, 3.05) is 24.7 Å². The van der Waals surface area contributed by atoms with Gasteiger partial charge in [0.15, 0.2) is 6.61 Å². The van der Waals surface area contributed by atoms with Crippen LogP contribution in [0, 0.1) is 16.0 Å². The van der Waals surface area contributed by atoms with Gasteiger partial charge in [-0.05, 0) is 31.2 Å². The van der Waals surface area contributed by atoms with Gasteiger partial charge >= 0.3 is 11.9 Å². The van der Waals surface area contributed by atoms with Crippen LogP contribution in [0.1, 0.15) is 34.1 Å². The van der Waals surface area contributed by atoms with Gasteiger partial charge in [-0.1, -0.05) is 12.1 Å². The molecule has 166 valence electrons. The summed E-state index contributed by atoms with van der Waals surface area (Å²) in [6.45, 7) is 1.44. The molecule has 1 heterocycles. The predicted octanol–water partition coefficient (Wildman–Crippen LogP) is 2.55. The summed E-state index contributed by atoms with van der Waals surface area (Å²) in [5, 5.41) is 10.8. The fourth-order valence-electron chi connectivity index (χ4n) is 3.24. The van der Waals surface area contributed by atoms with Gasteiger partial charge in [0.1, 0.15) is 0 Å². The van der Waals surface area contributed by atoms with Crippen LogP contribution in [0.3, 0.4) is 0 Å². The quantitative estimate of drug-likeness (QED) is 0.265. The lowest BCUT2D eigenvalue weighted by Gasteiger charge is -2.17. The van der Waals surface area contributed by atoms with Crippen LogP contribution in [-0.4, -0.2) is 48.3 Å². The molecule has 0 radical (unpaired) electrons. The molecule has 2 aromatic rings. The topological polar surface area (TPSA) is 133 Å². The van der Waals surface area contributed by atoms with E-state index in [1.165, 1.54) is 35.2 Å².